The molecule has 2 aliphatic rings. The lowest BCUT2D eigenvalue weighted by molar-refractivity contribution is -0.147. The van der Waals surface area contributed by atoms with Gasteiger partial charge in [0.05, 0.1) is 18.6 Å². The molecule has 1 aromatic rings. The van der Waals surface area contributed by atoms with E-state index >= 15 is 0 Å². The Morgan fingerprint density at radius 1 is 1.23 bits per heavy atom. The first-order chi connectivity index (χ1) is 10.5. The monoisotopic (exact) mass is 305 g/mol. The molecule has 1 saturated heterocycles. The summed E-state index contributed by atoms with van der Waals surface area (Å²) in [5.74, 6) is 0.191. The molecular weight excluding hydrogens is 286 g/mol. The molecule has 1 aromatic carbocycles. The lowest BCUT2D eigenvalue weighted by Gasteiger charge is -2.20. The van der Waals surface area contributed by atoms with E-state index in [0.717, 1.165) is 6.42 Å². The highest BCUT2D eigenvalue weighted by atomic mass is 16.5. The van der Waals surface area contributed by atoms with Crippen LogP contribution in [0.25, 0.3) is 0 Å². The normalized spacial score (nSPS) is 24.0. The topological polar surface area (TPSA) is 76.1 Å². The summed E-state index contributed by atoms with van der Waals surface area (Å²) in [6.45, 7) is 3.52. The van der Waals surface area contributed by atoms with Gasteiger partial charge in [-0.25, -0.2) is 0 Å². The molecule has 0 radical (unpaired) electrons. The largest absolute Gasteiger partial charge is 0.490 e. The smallest absolute Gasteiger partial charge is 0.311 e. The van der Waals surface area contributed by atoms with E-state index in [4.69, 9.17) is 9.47 Å². The Morgan fingerprint density at radius 2 is 1.95 bits per heavy atom. The van der Waals surface area contributed by atoms with Gasteiger partial charge in [0.1, 0.15) is 0 Å². The summed E-state index contributed by atoms with van der Waals surface area (Å²) < 4.78 is 11.1. The minimum atomic E-state index is -0.860. The summed E-state index contributed by atoms with van der Waals surface area (Å²) in [5.41, 5.74) is -0.361. The van der Waals surface area contributed by atoms with Crippen molar-refractivity contribution in [3.05, 3.63) is 23.8 Å². The quantitative estimate of drug-likeness (QED) is 0.901. The maximum atomic E-state index is 12.6. The van der Waals surface area contributed by atoms with Gasteiger partial charge in [0, 0.05) is 25.1 Å². The number of aliphatic carboxylic acids is 1. The third-order valence-electron chi connectivity index (χ3n) is 4.27. The average molecular weight is 305 g/mol. The lowest BCUT2D eigenvalue weighted by atomic mass is 9.90. The molecule has 1 atom stereocenters. The summed E-state index contributed by atoms with van der Waals surface area (Å²) in [4.78, 5) is 25.4. The van der Waals surface area contributed by atoms with Gasteiger partial charge >= 0.3 is 5.97 Å². The number of carboxylic acids is 1. The van der Waals surface area contributed by atoms with Crippen LogP contribution in [0.1, 0.15) is 30.1 Å². The van der Waals surface area contributed by atoms with Crippen LogP contribution in [0.5, 0.6) is 11.5 Å². The van der Waals surface area contributed by atoms with Crippen molar-refractivity contribution in [1.82, 2.24) is 4.90 Å². The van der Waals surface area contributed by atoms with Crippen molar-refractivity contribution in [2.24, 2.45) is 5.41 Å². The van der Waals surface area contributed by atoms with Crippen LogP contribution in [-0.4, -0.2) is 48.2 Å². The SMILES string of the molecule is C[C@@]1(C(=O)O)CCN(C(=O)c2ccc3c(c2)OCCCO3)C1. The Morgan fingerprint density at radius 3 is 2.64 bits per heavy atom. The molecule has 0 saturated carbocycles. The van der Waals surface area contributed by atoms with Gasteiger partial charge < -0.3 is 19.5 Å². The molecule has 1 N–H and O–H groups in total. The predicted octanol–water partition coefficient (Wildman–Crippen LogP) is 1.78. The van der Waals surface area contributed by atoms with Crippen molar-refractivity contribution in [1.29, 1.82) is 0 Å². The number of likely N-dealkylation sites (tertiary alicyclic amines) is 1. The van der Waals surface area contributed by atoms with Crippen LogP contribution in [0.3, 0.4) is 0 Å². The van der Waals surface area contributed by atoms with Crippen molar-refractivity contribution >= 4 is 11.9 Å². The van der Waals surface area contributed by atoms with Gasteiger partial charge in [-0.3, -0.25) is 9.59 Å². The van der Waals surface area contributed by atoms with Crippen molar-refractivity contribution < 1.29 is 24.2 Å². The molecule has 0 bridgehead atoms. The van der Waals surface area contributed by atoms with Gasteiger partial charge in [-0.1, -0.05) is 0 Å². The Kier molecular flexibility index (Phi) is 3.68. The number of hydrogen-bond donors (Lipinski definition) is 1. The number of nitrogens with zero attached hydrogens (tertiary/aromatic N) is 1. The first-order valence-corrected chi connectivity index (χ1v) is 7.42. The molecule has 2 aliphatic heterocycles. The van der Waals surface area contributed by atoms with E-state index in [-0.39, 0.29) is 12.5 Å². The van der Waals surface area contributed by atoms with Crippen LogP contribution in [0.4, 0.5) is 0 Å². The molecule has 1 amide bonds. The second kappa shape index (κ2) is 5.51. The third-order valence-corrected chi connectivity index (χ3v) is 4.27. The van der Waals surface area contributed by atoms with Crippen molar-refractivity contribution in [2.45, 2.75) is 19.8 Å². The maximum absolute atomic E-state index is 12.6. The average Bonchev–Trinajstić information content (AvgIpc) is 2.77. The third kappa shape index (κ3) is 2.61. The minimum absolute atomic E-state index is 0.166. The molecule has 3 rings (SSSR count). The Labute approximate surface area is 128 Å². The number of hydrogen-bond acceptors (Lipinski definition) is 4. The van der Waals surface area contributed by atoms with E-state index in [2.05, 4.69) is 0 Å². The standard InChI is InChI=1S/C16H19NO5/c1-16(15(19)20)5-6-17(10-16)14(18)11-3-4-12-13(9-11)22-8-2-7-21-12/h3-4,9H,2,5-8,10H2,1H3,(H,19,20)/t16-/m1/s1. The number of carbonyl (C=O) groups excluding carboxylic acids is 1. The van der Waals surface area contributed by atoms with Gasteiger partial charge in [0.2, 0.25) is 0 Å². The molecule has 6 heteroatoms. The highest BCUT2D eigenvalue weighted by Gasteiger charge is 2.42. The van der Waals surface area contributed by atoms with E-state index in [0.29, 0.717) is 43.2 Å². The van der Waals surface area contributed by atoms with Gasteiger partial charge in [-0.05, 0) is 31.5 Å². The van der Waals surface area contributed by atoms with E-state index in [1.165, 1.54) is 0 Å². The van der Waals surface area contributed by atoms with Crippen molar-refractivity contribution in [3.8, 4) is 11.5 Å². The highest BCUT2D eigenvalue weighted by molar-refractivity contribution is 5.95. The van der Waals surface area contributed by atoms with Crippen molar-refractivity contribution in [2.75, 3.05) is 26.3 Å². The molecule has 6 nitrogen and oxygen atoms in total. The molecule has 0 aliphatic carbocycles. The number of carboxylic acid groups (broad SMARTS) is 1. The molecule has 0 spiro atoms. The van der Waals surface area contributed by atoms with Crippen LogP contribution in [-0.2, 0) is 4.79 Å². The van der Waals surface area contributed by atoms with Crippen LogP contribution >= 0.6 is 0 Å². The Balaban J connectivity index is 1.79. The molecule has 118 valence electrons. The molecule has 0 unspecified atom stereocenters. The molecule has 0 aromatic heterocycles. The van der Waals surface area contributed by atoms with Gasteiger partial charge in [0.15, 0.2) is 11.5 Å². The fraction of sp³-hybridized carbons (Fsp3) is 0.500. The zero-order valence-corrected chi connectivity index (χ0v) is 12.5. The summed E-state index contributed by atoms with van der Waals surface area (Å²) in [7, 11) is 0. The number of amides is 1. The summed E-state index contributed by atoms with van der Waals surface area (Å²) >= 11 is 0. The first kappa shape index (κ1) is 14.7. The number of rotatable bonds is 2. The Hall–Kier alpha value is -2.24. The fourth-order valence-electron chi connectivity index (χ4n) is 2.79. The van der Waals surface area contributed by atoms with Crippen LogP contribution in [0.2, 0.25) is 0 Å². The predicted molar refractivity (Wildman–Crippen MR) is 78.3 cm³/mol. The van der Waals surface area contributed by atoms with Crippen molar-refractivity contribution in [3.63, 3.8) is 0 Å². The maximum Gasteiger partial charge on any atom is 0.311 e. The van der Waals surface area contributed by atoms with Gasteiger partial charge in [0.25, 0.3) is 5.91 Å². The fourth-order valence-corrected chi connectivity index (χ4v) is 2.79. The number of carbonyl (C=O) groups is 2. The number of benzene rings is 1. The minimum Gasteiger partial charge on any atom is -0.490 e. The van der Waals surface area contributed by atoms with E-state index < -0.39 is 11.4 Å². The second-order valence-electron chi connectivity index (χ2n) is 6.05. The van der Waals surface area contributed by atoms with E-state index in [1.807, 2.05) is 0 Å². The molecule has 22 heavy (non-hydrogen) atoms. The zero-order valence-electron chi connectivity index (χ0n) is 12.5. The Bertz CT molecular complexity index is 615. The van der Waals surface area contributed by atoms with Crippen LogP contribution in [0, 0.1) is 5.41 Å². The first-order valence-electron chi connectivity index (χ1n) is 7.42. The lowest BCUT2D eigenvalue weighted by Crippen LogP contribution is -2.34. The molecular formula is C16H19NO5. The number of ether oxygens (including phenoxy) is 2. The van der Waals surface area contributed by atoms with Crippen LogP contribution < -0.4 is 9.47 Å². The van der Waals surface area contributed by atoms with E-state index in [1.54, 1.807) is 30.0 Å². The van der Waals surface area contributed by atoms with E-state index in [9.17, 15) is 14.7 Å². The second-order valence-corrected chi connectivity index (χ2v) is 6.05. The highest BCUT2D eigenvalue weighted by Crippen LogP contribution is 2.34. The number of fused-ring (bicyclic) bond motifs is 1. The van der Waals surface area contributed by atoms with Gasteiger partial charge in [-0.2, -0.15) is 0 Å². The molecule has 1 fully saturated rings. The van der Waals surface area contributed by atoms with Gasteiger partial charge in [-0.15, -0.1) is 0 Å². The molecule has 2 heterocycles. The zero-order chi connectivity index (χ0) is 15.7. The summed E-state index contributed by atoms with van der Waals surface area (Å²) in [5, 5.41) is 9.26. The summed E-state index contributed by atoms with van der Waals surface area (Å²) in [6.07, 6.45) is 1.28. The van der Waals surface area contributed by atoms with Crippen LogP contribution in [0.15, 0.2) is 18.2 Å². The summed E-state index contributed by atoms with van der Waals surface area (Å²) in [6, 6.07) is 5.12.